The van der Waals surface area contributed by atoms with Gasteiger partial charge in [0, 0.05) is 25.2 Å². The molecule has 1 aromatic heterocycles. The third-order valence-electron chi connectivity index (χ3n) is 2.53. The van der Waals surface area contributed by atoms with Gasteiger partial charge in [-0.05, 0) is 36.7 Å². The maximum atomic E-state index is 11.6. The van der Waals surface area contributed by atoms with E-state index in [0.717, 1.165) is 25.1 Å². The second kappa shape index (κ2) is 4.33. The predicted molar refractivity (Wildman–Crippen MR) is 53.9 cm³/mol. The first-order chi connectivity index (χ1) is 6.84. The van der Waals surface area contributed by atoms with Crippen LogP contribution in [0.2, 0.25) is 0 Å². The molecule has 1 saturated heterocycles. The highest BCUT2D eigenvalue weighted by atomic mass is 16.1. The fourth-order valence-electron chi connectivity index (χ4n) is 1.62. The Morgan fingerprint density at radius 3 is 2.71 bits per heavy atom. The fraction of sp³-hybridized carbons (Fsp3) is 0.455. The Morgan fingerprint density at radius 1 is 1.43 bits per heavy atom. The molecular weight excluding hydrogens is 176 g/mol. The van der Waals surface area contributed by atoms with Crippen molar-refractivity contribution in [3.8, 4) is 0 Å². The van der Waals surface area contributed by atoms with Gasteiger partial charge in [-0.3, -0.25) is 9.78 Å². The number of Topliss-reactive ketones (excluding diaryl/α,β-unsaturated/α-hetero) is 1. The number of hydrogen-bond donors (Lipinski definition) is 1. The van der Waals surface area contributed by atoms with Crippen LogP contribution in [0.1, 0.15) is 12.0 Å². The van der Waals surface area contributed by atoms with Crippen molar-refractivity contribution in [2.75, 3.05) is 13.1 Å². The van der Waals surface area contributed by atoms with Crippen molar-refractivity contribution in [2.24, 2.45) is 5.92 Å². The van der Waals surface area contributed by atoms with Gasteiger partial charge < -0.3 is 5.32 Å². The minimum Gasteiger partial charge on any atom is -0.316 e. The maximum Gasteiger partial charge on any atom is 0.137 e. The summed E-state index contributed by atoms with van der Waals surface area (Å²) in [4.78, 5) is 15.5. The van der Waals surface area contributed by atoms with Crippen LogP contribution in [0.3, 0.4) is 0 Å². The number of pyridine rings is 1. The molecule has 1 fully saturated rings. The molecule has 0 radical (unpaired) electrons. The Labute approximate surface area is 83.5 Å². The standard InChI is InChI=1S/C11H14N2O/c14-11(6-10-7-13-8-10)5-9-1-3-12-4-2-9/h1-4,10,13H,5-8H2. The normalized spacial score (nSPS) is 16.3. The zero-order valence-electron chi connectivity index (χ0n) is 8.07. The van der Waals surface area contributed by atoms with Gasteiger partial charge in [0.2, 0.25) is 0 Å². The second-order valence-electron chi connectivity index (χ2n) is 3.80. The molecule has 1 aliphatic rings. The highest BCUT2D eigenvalue weighted by Crippen LogP contribution is 2.10. The lowest BCUT2D eigenvalue weighted by atomic mass is 9.94. The number of nitrogens with one attached hydrogen (secondary N) is 1. The summed E-state index contributed by atoms with van der Waals surface area (Å²) in [5.41, 5.74) is 1.07. The van der Waals surface area contributed by atoms with E-state index in [9.17, 15) is 4.79 Å². The molecule has 1 aliphatic heterocycles. The van der Waals surface area contributed by atoms with Gasteiger partial charge in [-0.15, -0.1) is 0 Å². The van der Waals surface area contributed by atoms with E-state index < -0.39 is 0 Å². The molecular formula is C11H14N2O. The summed E-state index contributed by atoms with van der Waals surface area (Å²) in [5.74, 6) is 0.909. The largest absolute Gasteiger partial charge is 0.316 e. The molecule has 0 aliphatic carbocycles. The summed E-state index contributed by atoms with van der Waals surface area (Å²) < 4.78 is 0. The van der Waals surface area contributed by atoms with Crippen LogP contribution in [0, 0.1) is 5.92 Å². The Hall–Kier alpha value is -1.22. The van der Waals surface area contributed by atoms with Crippen molar-refractivity contribution in [3.05, 3.63) is 30.1 Å². The van der Waals surface area contributed by atoms with Gasteiger partial charge >= 0.3 is 0 Å². The summed E-state index contributed by atoms with van der Waals surface area (Å²) in [6, 6.07) is 3.80. The minimum absolute atomic E-state index is 0.336. The van der Waals surface area contributed by atoms with Crippen molar-refractivity contribution in [2.45, 2.75) is 12.8 Å². The van der Waals surface area contributed by atoms with Gasteiger partial charge in [0.15, 0.2) is 0 Å². The molecule has 0 amide bonds. The van der Waals surface area contributed by atoms with Crippen molar-refractivity contribution >= 4 is 5.78 Å². The zero-order valence-corrected chi connectivity index (χ0v) is 8.07. The highest BCUT2D eigenvalue weighted by Gasteiger charge is 2.19. The minimum atomic E-state index is 0.336. The lowest BCUT2D eigenvalue weighted by molar-refractivity contribution is -0.119. The summed E-state index contributed by atoms with van der Waals surface area (Å²) in [6.07, 6.45) is 4.73. The molecule has 0 bridgehead atoms. The van der Waals surface area contributed by atoms with E-state index in [1.807, 2.05) is 12.1 Å². The average molecular weight is 190 g/mol. The van der Waals surface area contributed by atoms with Crippen LogP contribution in [0.5, 0.6) is 0 Å². The number of carbonyl (C=O) groups is 1. The SMILES string of the molecule is O=C(Cc1ccncc1)CC1CNC1. The summed E-state index contributed by atoms with van der Waals surface area (Å²) in [6.45, 7) is 2.00. The molecule has 3 heteroatoms. The van der Waals surface area contributed by atoms with Gasteiger partial charge in [-0.1, -0.05) is 0 Å². The first-order valence-electron chi connectivity index (χ1n) is 4.96. The van der Waals surface area contributed by atoms with E-state index >= 15 is 0 Å². The van der Waals surface area contributed by atoms with Crippen molar-refractivity contribution in [1.82, 2.24) is 10.3 Å². The topological polar surface area (TPSA) is 42.0 Å². The second-order valence-corrected chi connectivity index (χ2v) is 3.80. The molecule has 14 heavy (non-hydrogen) atoms. The molecule has 3 nitrogen and oxygen atoms in total. The van der Waals surface area contributed by atoms with Crippen molar-refractivity contribution < 1.29 is 4.79 Å². The lowest BCUT2D eigenvalue weighted by Crippen LogP contribution is -2.43. The van der Waals surface area contributed by atoms with Gasteiger partial charge in [0.25, 0.3) is 0 Å². The Kier molecular flexibility index (Phi) is 2.89. The molecule has 2 heterocycles. The van der Waals surface area contributed by atoms with E-state index in [1.54, 1.807) is 12.4 Å². The van der Waals surface area contributed by atoms with Crippen LogP contribution in [-0.2, 0) is 11.2 Å². The van der Waals surface area contributed by atoms with Crippen molar-refractivity contribution in [3.63, 3.8) is 0 Å². The summed E-state index contributed by atoms with van der Waals surface area (Å²) >= 11 is 0. The number of aromatic nitrogens is 1. The smallest absolute Gasteiger partial charge is 0.137 e. The van der Waals surface area contributed by atoms with Crippen LogP contribution in [-0.4, -0.2) is 23.9 Å². The third kappa shape index (κ3) is 2.39. The van der Waals surface area contributed by atoms with Gasteiger partial charge in [-0.25, -0.2) is 0 Å². The quantitative estimate of drug-likeness (QED) is 0.763. The number of nitrogens with zero attached hydrogens (tertiary/aromatic N) is 1. The summed E-state index contributed by atoms with van der Waals surface area (Å²) in [7, 11) is 0. The number of ketones is 1. The van der Waals surface area contributed by atoms with Crippen LogP contribution in [0.25, 0.3) is 0 Å². The third-order valence-corrected chi connectivity index (χ3v) is 2.53. The maximum absolute atomic E-state index is 11.6. The van der Waals surface area contributed by atoms with Crippen LogP contribution in [0.15, 0.2) is 24.5 Å². The number of hydrogen-bond acceptors (Lipinski definition) is 3. The van der Waals surface area contributed by atoms with Gasteiger partial charge in [0.05, 0.1) is 0 Å². The Bertz CT molecular complexity index is 306. The highest BCUT2D eigenvalue weighted by molar-refractivity contribution is 5.81. The van der Waals surface area contributed by atoms with Crippen LogP contribution in [0.4, 0.5) is 0 Å². The van der Waals surface area contributed by atoms with E-state index in [1.165, 1.54) is 0 Å². The predicted octanol–water partition coefficient (Wildman–Crippen LogP) is 0.803. The van der Waals surface area contributed by atoms with Crippen molar-refractivity contribution in [1.29, 1.82) is 0 Å². The monoisotopic (exact) mass is 190 g/mol. The first kappa shape index (κ1) is 9.34. The molecule has 2 rings (SSSR count). The number of rotatable bonds is 4. The molecule has 1 aromatic rings. The average Bonchev–Trinajstić information content (AvgIpc) is 2.13. The Morgan fingerprint density at radius 2 is 2.14 bits per heavy atom. The zero-order chi connectivity index (χ0) is 9.80. The molecule has 0 atom stereocenters. The van der Waals surface area contributed by atoms with E-state index in [0.29, 0.717) is 18.1 Å². The first-order valence-corrected chi connectivity index (χ1v) is 4.96. The molecule has 74 valence electrons. The lowest BCUT2D eigenvalue weighted by Gasteiger charge is -2.26. The van der Waals surface area contributed by atoms with Gasteiger partial charge in [0.1, 0.15) is 5.78 Å². The molecule has 1 N–H and O–H groups in total. The van der Waals surface area contributed by atoms with E-state index in [-0.39, 0.29) is 0 Å². The fourth-order valence-corrected chi connectivity index (χ4v) is 1.62. The van der Waals surface area contributed by atoms with Crippen LogP contribution >= 0.6 is 0 Å². The molecule has 0 aromatic carbocycles. The number of carbonyl (C=O) groups excluding carboxylic acids is 1. The van der Waals surface area contributed by atoms with E-state index in [2.05, 4.69) is 10.3 Å². The molecule has 0 spiro atoms. The summed E-state index contributed by atoms with van der Waals surface area (Å²) in [5, 5.41) is 3.17. The van der Waals surface area contributed by atoms with Gasteiger partial charge in [-0.2, -0.15) is 0 Å². The Balaban J connectivity index is 1.82. The van der Waals surface area contributed by atoms with Crippen LogP contribution < -0.4 is 5.32 Å². The molecule has 0 saturated carbocycles. The molecule has 0 unspecified atom stereocenters. The van der Waals surface area contributed by atoms with E-state index in [4.69, 9.17) is 0 Å².